The Kier molecular flexibility index (Phi) is 13.5. The number of carbonyl (C=O) groups is 3. The minimum atomic E-state index is -1.03. The van der Waals surface area contributed by atoms with Crippen molar-refractivity contribution in [1.82, 2.24) is 15.8 Å². The molecule has 262 valence electrons. The van der Waals surface area contributed by atoms with E-state index in [0.717, 1.165) is 39.8 Å². The fourth-order valence-electron chi connectivity index (χ4n) is 5.65. The van der Waals surface area contributed by atoms with Crippen LogP contribution in [-0.2, 0) is 32.2 Å². The van der Waals surface area contributed by atoms with Crippen molar-refractivity contribution >= 4 is 29.5 Å². The summed E-state index contributed by atoms with van der Waals surface area (Å²) in [5.41, 5.74) is 7.32. The van der Waals surface area contributed by atoms with E-state index >= 15 is 0 Å². The number of aromatic nitrogens is 1. The molecule has 1 aromatic heterocycles. The molecule has 11 nitrogen and oxygen atoms in total. The van der Waals surface area contributed by atoms with Crippen molar-refractivity contribution in [1.29, 1.82) is 0 Å². The van der Waals surface area contributed by atoms with Gasteiger partial charge in [-0.15, -0.1) is 11.8 Å². The number of hydrogen-bond donors (Lipinski definition) is 5. The lowest BCUT2D eigenvalue weighted by Gasteiger charge is -2.36. The summed E-state index contributed by atoms with van der Waals surface area (Å²) in [6, 6.07) is 26.7. The van der Waals surface area contributed by atoms with E-state index < -0.39 is 18.2 Å². The Hall–Kier alpha value is -4.59. The van der Waals surface area contributed by atoms with Crippen LogP contribution in [0.3, 0.4) is 0 Å². The molecule has 0 spiro atoms. The lowest BCUT2D eigenvalue weighted by atomic mass is 9.99. The normalized spacial score (nSPS) is 17.2. The molecule has 1 aliphatic heterocycles. The number of rotatable bonds is 16. The molecule has 3 aromatic carbocycles. The molecule has 4 aromatic rings. The van der Waals surface area contributed by atoms with Gasteiger partial charge in [-0.05, 0) is 58.9 Å². The van der Waals surface area contributed by atoms with Crippen molar-refractivity contribution in [3.8, 4) is 11.1 Å². The fourth-order valence-corrected chi connectivity index (χ4v) is 6.65. The zero-order valence-electron chi connectivity index (χ0n) is 27.5. The zero-order valence-corrected chi connectivity index (χ0v) is 28.3. The van der Waals surface area contributed by atoms with E-state index in [1.165, 1.54) is 11.8 Å². The fraction of sp³-hybridized carbons (Fsp3) is 0.316. The maximum absolute atomic E-state index is 12.3. The Morgan fingerprint density at radius 3 is 2.28 bits per heavy atom. The zero-order chi connectivity index (χ0) is 35.3. The largest absolute Gasteiger partial charge is 0.478 e. The Bertz CT molecular complexity index is 1740. The number of carboxylic acid groups (broad SMARTS) is 1. The number of amides is 2. The Morgan fingerprint density at radius 2 is 1.56 bits per heavy atom. The topological polar surface area (TPSA) is 167 Å². The third-order valence-electron chi connectivity index (χ3n) is 8.39. The molecule has 5 N–H and O–H groups in total. The number of hydrogen-bond acceptors (Lipinski definition) is 9. The van der Waals surface area contributed by atoms with Crippen molar-refractivity contribution < 1.29 is 39.3 Å². The first-order chi connectivity index (χ1) is 24.3. The molecular formula is C38H41N3O8S. The first-order valence-electron chi connectivity index (χ1n) is 16.5. The summed E-state index contributed by atoms with van der Waals surface area (Å²) in [5.74, 6) is -1.03. The van der Waals surface area contributed by atoms with Crippen molar-refractivity contribution in [2.75, 3.05) is 5.75 Å². The molecule has 12 heteroatoms. The summed E-state index contributed by atoms with van der Waals surface area (Å²) in [7, 11) is 0. The summed E-state index contributed by atoms with van der Waals surface area (Å²) in [5, 5.41) is 31.1. The van der Waals surface area contributed by atoms with Crippen molar-refractivity contribution in [2.45, 2.75) is 75.2 Å². The lowest BCUT2D eigenvalue weighted by molar-refractivity contribution is -0.245. The van der Waals surface area contributed by atoms with E-state index in [0.29, 0.717) is 43.0 Å². The van der Waals surface area contributed by atoms with Gasteiger partial charge in [-0.25, -0.2) is 15.3 Å². The first kappa shape index (κ1) is 36.7. The first-order valence-corrected chi connectivity index (χ1v) is 17.5. The molecule has 0 radical (unpaired) electrons. The van der Waals surface area contributed by atoms with Gasteiger partial charge in [0.25, 0.3) is 0 Å². The Balaban J connectivity index is 1.23. The summed E-state index contributed by atoms with van der Waals surface area (Å²) in [6.07, 6.45) is 3.53. The molecule has 1 saturated heterocycles. The molecule has 0 saturated carbocycles. The molecule has 5 rings (SSSR count). The van der Waals surface area contributed by atoms with Gasteiger partial charge in [-0.2, -0.15) is 0 Å². The van der Waals surface area contributed by atoms with Gasteiger partial charge in [0, 0.05) is 43.3 Å². The molecule has 50 heavy (non-hydrogen) atoms. The highest BCUT2D eigenvalue weighted by Gasteiger charge is 2.32. The Morgan fingerprint density at radius 1 is 0.820 bits per heavy atom. The van der Waals surface area contributed by atoms with E-state index in [-0.39, 0.29) is 36.7 Å². The predicted molar refractivity (Wildman–Crippen MR) is 187 cm³/mol. The SMILES string of the molecule is O=C(CCCCCC(=O)NCc1cccc(-c2ccc([C@H]3O[C@@H](CSc4ncccc4C(=O)O)C[C@@H](c4ccc(CO)cc4)O3)cc2)c1)NO. The van der Waals surface area contributed by atoms with Gasteiger partial charge in [0.1, 0.15) is 5.03 Å². The van der Waals surface area contributed by atoms with Crippen LogP contribution in [0.5, 0.6) is 0 Å². The number of pyridine rings is 1. The summed E-state index contributed by atoms with van der Waals surface area (Å²) >= 11 is 1.34. The second kappa shape index (κ2) is 18.4. The molecule has 1 aliphatic rings. The van der Waals surface area contributed by atoms with Crippen LogP contribution in [-0.4, -0.2) is 50.0 Å². The van der Waals surface area contributed by atoms with Crippen LogP contribution in [0, 0.1) is 0 Å². The smallest absolute Gasteiger partial charge is 0.338 e. The average Bonchev–Trinajstić information content (AvgIpc) is 3.16. The number of carboxylic acids is 1. The van der Waals surface area contributed by atoms with Gasteiger partial charge in [-0.3, -0.25) is 14.8 Å². The number of nitrogens with zero attached hydrogens (tertiary/aromatic N) is 1. The number of hydroxylamine groups is 1. The van der Waals surface area contributed by atoms with Crippen LogP contribution < -0.4 is 10.8 Å². The number of nitrogens with one attached hydrogen (secondary N) is 2. The number of aliphatic hydroxyl groups excluding tert-OH is 1. The monoisotopic (exact) mass is 699 g/mol. The summed E-state index contributed by atoms with van der Waals surface area (Å²) in [4.78, 5) is 39.4. The van der Waals surface area contributed by atoms with Gasteiger partial charge in [0.2, 0.25) is 11.8 Å². The van der Waals surface area contributed by atoms with Gasteiger partial charge >= 0.3 is 5.97 Å². The molecular weight excluding hydrogens is 658 g/mol. The minimum absolute atomic E-state index is 0.0484. The van der Waals surface area contributed by atoms with Crippen LogP contribution in [0.25, 0.3) is 11.1 Å². The molecule has 0 bridgehead atoms. The van der Waals surface area contributed by atoms with Gasteiger partial charge in [0.15, 0.2) is 6.29 Å². The predicted octanol–water partition coefficient (Wildman–Crippen LogP) is 6.35. The van der Waals surface area contributed by atoms with Crippen LogP contribution >= 0.6 is 11.8 Å². The lowest BCUT2D eigenvalue weighted by Crippen LogP contribution is -2.31. The van der Waals surface area contributed by atoms with E-state index in [2.05, 4.69) is 10.3 Å². The van der Waals surface area contributed by atoms with E-state index in [9.17, 15) is 24.6 Å². The molecule has 2 amide bonds. The van der Waals surface area contributed by atoms with E-state index in [1.807, 2.05) is 72.8 Å². The van der Waals surface area contributed by atoms with Crippen molar-refractivity contribution in [2.24, 2.45) is 0 Å². The number of benzene rings is 3. The second-order valence-corrected chi connectivity index (χ2v) is 13.0. The standard InChI is InChI=1S/C38H41N3O8S/c42-23-25-11-13-28(14-12-25)33-21-31(24-50-36-32(37(45)46)8-5-19-39-36)48-38(49-33)29-17-15-27(16-18-29)30-7-4-6-26(20-30)22-40-34(43)9-2-1-3-10-35(44)41-47/h4-8,11-20,31,33,38,42,47H,1-3,9-10,21-24H2,(H,40,43)(H,41,44)(H,45,46)/t31-,33+,38+/m1/s1. The number of aromatic carboxylic acids is 1. The van der Waals surface area contributed by atoms with E-state index in [4.69, 9.17) is 14.7 Å². The third kappa shape index (κ3) is 10.5. The molecule has 0 aliphatic carbocycles. The summed E-state index contributed by atoms with van der Waals surface area (Å²) < 4.78 is 12.9. The second-order valence-electron chi connectivity index (χ2n) is 12.0. The summed E-state index contributed by atoms with van der Waals surface area (Å²) in [6.45, 7) is 0.348. The highest BCUT2D eigenvalue weighted by molar-refractivity contribution is 7.99. The van der Waals surface area contributed by atoms with Crippen LogP contribution in [0.2, 0.25) is 0 Å². The average molecular weight is 700 g/mol. The minimum Gasteiger partial charge on any atom is -0.478 e. The highest BCUT2D eigenvalue weighted by atomic mass is 32.2. The maximum atomic E-state index is 12.3. The highest BCUT2D eigenvalue weighted by Crippen LogP contribution is 2.40. The van der Waals surface area contributed by atoms with Gasteiger partial charge < -0.3 is 25.0 Å². The molecule has 0 unspecified atom stereocenters. The number of thioether (sulfide) groups is 1. The molecule has 1 fully saturated rings. The van der Waals surface area contributed by atoms with Crippen LogP contribution in [0.15, 0.2) is 96.2 Å². The van der Waals surface area contributed by atoms with Gasteiger partial charge in [0.05, 0.1) is 24.4 Å². The van der Waals surface area contributed by atoms with Crippen LogP contribution in [0.4, 0.5) is 0 Å². The van der Waals surface area contributed by atoms with Crippen molar-refractivity contribution in [3.05, 3.63) is 119 Å². The number of aliphatic hydroxyl groups is 1. The maximum Gasteiger partial charge on any atom is 0.338 e. The number of ether oxygens (including phenoxy) is 2. The van der Waals surface area contributed by atoms with Crippen LogP contribution in [0.1, 0.15) is 83.5 Å². The quantitative estimate of drug-likeness (QED) is 0.0385. The Labute approximate surface area is 295 Å². The third-order valence-corrected chi connectivity index (χ3v) is 9.52. The van der Waals surface area contributed by atoms with Crippen molar-refractivity contribution in [3.63, 3.8) is 0 Å². The number of unbranched alkanes of at least 4 members (excludes halogenated alkanes) is 2. The number of carbonyl (C=O) groups excluding carboxylic acids is 2. The van der Waals surface area contributed by atoms with E-state index in [1.54, 1.807) is 23.8 Å². The molecule has 3 atom stereocenters. The molecule has 2 heterocycles. The van der Waals surface area contributed by atoms with Gasteiger partial charge in [-0.1, -0.05) is 73.2 Å².